The average molecular weight is 439 g/mol. The number of hydrogen-bond donors (Lipinski definition) is 1. The number of carboxylic acid groups (broad SMARTS) is 1. The third kappa shape index (κ3) is 4.61. The smallest absolute Gasteiger partial charge is 0.475 e. The van der Waals surface area contributed by atoms with Gasteiger partial charge in [0.05, 0.1) is 0 Å². The summed E-state index contributed by atoms with van der Waals surface area (Å²) in [6, 6.07) is 8.81. The van der Waals surface area contributed by atoms with Crippen LogP contribution in [0.4, 0.5) is 13.2 Å². The quantitative estimate of drug-likeness (QED) is 0.783. The number of nitrogens with zero attached hydrogens (tertiary/aromatic N) is 3. The van der Waals surface area contributed by atoms with E-state index in [1.165, 1.54) is 11.1 Å². The second-order valence-electron chi connectivity index (χ2n) is 8.56. The highest BCUT2D eigenvalue weighted by Crippen LogP contribution is 2.50. The van der Waals surface area contributed by atoms with Gasteiger partial charge in [-0.2, -0.15) is 13.2 Å². The summed E-state index contributed by atoms with van der Waals surface area (Å²) < 4.78 is 31.7. The lowest BCUT2D eigenvalue weighted by molar-refractivity contribution is -0.192. The van der Waals surface area contributed by atoms with Crippen LogP contribution in [0.25, 0.3) is 0 Å². The number of likely N-dealkylation sites (tertiary alicyclic amines) is 1. The first-order chi connectivity index (χ1) is 14.5. The number of alkyl halides is 3. The number of rotatable bonds is 3. The van der Waals surface area contributed by atoms with Gasteiger partial charge in [0, 0.05) is 39.0 Å². The lowest BCUT2D eigenvalue weighted by atomic mass is 9.85. The van der Waals surface area contributed by atoms with Crippen LogP contribution in [0.2, 0.25) is 0 Å². The molecule has 0 bridgehead atoms. The van der Waals surface area contributed by atoms with Crippen molar-refractivity contribution in [2.75, 3.05) is 20.1 Å². The van der Waals surface area contributed by atoms with Gasteiger partial charge in [0.15, 0.2) is 0 Å². The maximum atomic E-state index is 12.9. The van der Waals surface area contributed by atoms with Gasteiger partial charge in [-0.25, -0.2) is 4.79 Å². The summed E-state index contributed by atoms with van der Waals surface area (Å²) in [6.45, 7) is 7.30. The Morgan fingerprint density at radius 1 is 1.26 bits per heavy atom. The van der Waals surface area contributed by atoms with Gasteiger partial charge in [0.1, 0.15) is 11.4 Å². The number of aliphatic imine (C=N–C) groups is 1. The first-order valence-corrected chi connectivity index (χ1v) is 10.4. The second-order valence-corrected chi connectivity index (χ2v) is 8.56. The molecule has 4 rings (SSSR count). The van der Waals surface area contributed by atoms with Gasteiger partial charge >= 0.3 is 12.1 Å². The molecule has 1 amide bonds. The molecular formula is C22H28F3N3O3. The number of halogens is 3. The van der Waals surface area contributed by atoms with Crippen molar-refractivity contribution >= 4 is 17.7 Å². The predicted octanol–water partition coefficient (Wildman–Crippen LogP) is 3.49. The summed E-state index contributed by atoms with van der Waals surface area (Å²) in [5.41, 5.74) is 2.21. The molecule has 9 heteroatoms. The average Bonchev–Trinajstić information content (AvgIpc) is 3.33. The standard InChI is InChI=1S/C20H27N3O.C2HF3O2/c1-4-18-21-20(19(24)22(18)3)10-9-16-12-23(13-17(16)20)11-15-7-5-14(2)6-8-15;3-2(4,5)1(6)7/h5-8,16-17H,4,9-13H2,1-3H3;(H,6,7)/t16-,17+,20-;/m1./s1. The number of carbonyl (C=O) groups excluding carboxylic acids is 1. The van der Waals surface area contributed by atoms with Crippen LogP contribution in [0, 0.1) is 18.8 Å². The molecule has 1 aromatic carbocycles. The van der Waals surface area contributed by atoms with Crippen molar-refractivity contribution in [2.24, 2.45) is 16.8 Å². The summed E-state index contributed by atoms with van der Waals surface area (Å²) in [5, 5.41) is 7.12. The molecule has 2 heterocycles. The summed E-state index contributed by atoms with van der Waals surface area (Å²) in [5.74, 6) is -0.538. The van der Waals surface area contributed by atoms with Crippen molar-refractivity contribution < 1.29 is 27.9 Å². The largest absolute Gasteiger partial charge is 0.490 e. The van der Waals surface area contributed by atoms with Gasteiger partial charge in [0.25, 0.3) is 5.91 Å². The van der Waals surface area contributed by atoms with Crippen LogP contribution in [0.3, 0.4) is 0 Å². The minimum absolute atomic E-state index is 0.240. The van der Waals surface area contributed by atoms with Crippen molar-refractivity contribution in [3.8, 4) is 0 Å². The molecule has 0 aromatic heterocycles. The lowest BCUT2D eigenvalue weighted by Gasteiger charge is -2.27. The van der Waals surface area contributed by atoms with E-state index in [0.29, 0.717) is 11.8 Å². The zero-order valence-electron chi connectivity index (χ0n) is 17.9. The number of aliphatic carboxylic acids is 1. The predicted molar refractivity (Wildman–Crippen MR) is 110 cm³/mol. The molecule has 0 radical (unpaired) electrons. The number of benzene rings is 1. The third-order valence-electron chi connectivity index (χ3n) is 6.50. The number of amides is 1. The highest BCUT2D eigenvalue weighted by atomic mass is 19.4. The van der Waals surface area contributed by atoms with Crippen LogP contribution < -0.4 is 0 Å². The number of hydrogen-bond acceptors (Lipinski definition) is 4. The first-order valence-electron chi connectivity index (χ1n) is 10.4. The van der Waals surface area contributed by atoms with E-state index >= 15 is 0 Å². The van der Waals surface area contributed by atoms with Crippen molar-refractivity contribution in [3.05, 3.63) is 35.4 Å². The Kier molecular flexibility index (Phi) is 6.45. The van der Waals surface area contributed by atoms with Gasteiger partial charge in [-0.3, -0.25) is 14.7 Å². The fraction of sp³-hybridized carbons (Fsp3) is 0.591. The topological polar surface area (TPSA) is 73.2 Å². The Bertz CT molecular complexity index is 869. The van der Waals surface area contributed by atoms with E-state index in [2.05, 4.69) is 43.0 Å². The number of amidine groups is 1. The van der Waals surface area contributed by atoms with Crippen LogP contribution in [0.1, 0.15) is 37.3 Å². The number of aryl methyl sites for hydroxylation is 1. The van der Waals surface area contributed by atoms with Gasteiger partial charge in [0.2, 0.25) is 0 Å². The molecular weight excluding hydrogens is 411 g/mol. The van der Waals surface area contributed by atoms with E-state index in [4.69, 9.17) is 14.9 Å². The van der Waals surface area contributed by atoms with E-state index in [-0.39, 0.29) is 5.91 Å². The molecule has 6 nitrogen and oxygen atoms in total. The Labute approximate surface area is 179 Å². The van der Waals surface area contributed by atoms with E-state index < -0.39 is 17.7 Å². The molecule has 0 unspecified atom stereocenters. The Hall–Kier alpha value is -2.42. The fourth-order valence-electron chi connectivity index (χ4n) is 4.95. The van der Waals surface area contributed by atoms with Crippen molar-refractivity contribution in [1.29, 1.82) is 0 Å². The van der Waals surface area contributed by atoms with Crippen molar-refractivity contribution in [3.63, 3.8) is 0 Å². The molecule has 31 heavy (non-hydrogen) atoms. The monoisotopic (exact) mass is 439 g/mol. The zero-order chi connectivity index (χ0) is 23.0. The summed E-state index contributed by atoms with van der Waals surface area (Å²) in [6.07, 6.45) is -2.17. The molecule has 2 fully saturated rings. The highest BCUT2D eigenvalue weighted by Gasteiger charge is 2.60. The molecule has 1 saturated heterocycles. The van der Waals surface area contributed by atoms with E-state index in [1.54, 1.807) is 0 Å². The summed E-state index contributed by atoms with van der Waals surface area (Å²) in [4.78, 5) is 31.1. The van der Waals surface area contributed by atoms with Gasteiger partial charge in [-0.1, -0.05) is 36.8 Å². The van der Waals surface area contributed by atoms with Gasteiger partial charge in [-0.15, -0.1) is 0 Å². The van der Waals surface area contributed by atoms with Crippen LogP contribution in [0.15, 0.2) is 29.3 Å². The molecule has 1 saturated carbocycles. The Morgan fingerprint density at radius 3 is 2.39 bits per heavy atom. The minimum atomic E-state index is -5.08. The third-order valence-corrected chi connectivity index (χ3v) is 6.50. The molecule has 1 N–H and O–H groups in total. The SMILES string of the molecule is CCC1=N[C@@]2(CC[C@@H]3CN(Cc4ccc(C)cc4)C[C@@H]32)C(=O)N1C.O=C(O)C(F)(F)F. The van der Waals surface area contributed by atoms with Gasteiger partial charge in [-0.05, 0) is 31.2 Å². The Morgan fingerprint density at radius 2 is 1.87 bits per heavy atom. The molecule has 1 aromatic rings. The molecule has 3 atom stereocenters. The number of fused-ring (bicyclic) bond motifs is 2. The molecule has 1 aliphatic carbocycles. The summed E-state index contributed by atoms with van der Waals surface area (Å²) >= 11 is 0. The molecule has 2 aliphatic heterocycles. The number of likely N-dealkylation sites (N-methyl/N-ethyl adjacent to an activating group) is 1. The summed E-state index contributed by atoms with van der Waals surface area (Å²) in [7, 11) is 1.89. The number of carboxylic acids is 1. The van der Waals surface area contributed by atoms with E-state index in [0.717, 1.165) is 44.7 Å². The van der Waals surface area contributed by atoms with Crippen molar-refractivity contribution in [2.45, 2.75) is 51.4 Å². The van der Waals surface area contributed by atoms with Crippen LogP contribution in [-0.2, 0) is 16.1 Å². The minimum Gasteiger partial charge on any atom is -0.475 e. The molecule has 1 spiro atoms. The number of carbonyl (C=O) groups is 2. The van der Waals surface area contributed by atoms with Crippen LogP contribution in [-0.4, -0.2) is 64.5 Å². The first kappa shape index (κ1) is 23.2. The second kappa shape index (κ2) is 8.61. The molecule has 170 valence electrons. The van der Waals surface area contributed by atoms with E-state index in [1.807, 2.05) is 11.9 Å². The van der Waals surface area contributed by atoms with Crippen molar-refractivity contribution in [1.82, 2.24) is 9.80 Å². The Balaban J connectivity index is 0.000000339. The lowest BCUT2D eigenvalue weighted by Crippen LogP contribution is -2.45. The van der Waals surface area contributed by atoms with E-state index in [9.17, 15) is 18.0 Å². The highest BCUT2D eigenvalue weighted by molar-refractivity contribution is 6.08. The molecule has 3 aliphatic rings. The van der Waals surface area contributed by atoms with Crippen LogP contribution >= 0.6 is 0 Å². The maximum absolute atomic E-state index is 12.9. The normalized spacial score (nSPS) is 27.9. The van der Waals surface area contributed by atoms with Gasteiger partial charge < -0.3 is 10.0 Å². The maximum Gasteiger partial charge on any atom is 0.490 e. The fourth-order valence-corrected chi connectivity index (χ4v) is 4.95. The zero-order valence-corrected chi connectivity index (χ0v) is 17.9. The van der Waals surface area contributed by atoms with Crippen LogP contribution in [0.5, 0.6) is 0 Å².